The van der Waals surface area contributed by atoms with Crippen LogP contribution in [0.25, 0.3) is 0 Å². The molecular weight excluding hydrogens is 155 g/mol. The third-order valence-corrected chi connectivity index (χ3v) is 1.31. The molecule has 0 saturated carbocycles. The zero-order chi connectivity index (χ0) is 8.91. The van der Waals surface area contributed by atoms with E-state index in [1.54, 1.807) is 0 Å². The highest BCUT2D eigenvalue weighted by Gasteiger charge is 2.29. The average molecular weight is 166 g/mol. The molecule has 11 heavy (non-hydrogen) atoms. The molecule has 0 aliphatic carbocycles. The Morgan fingerprint density at radius 3 is 2.36 bits per heavy atom. The number of rotatable bonds is 5. The van der Waals surface area contributed by atoms with Crippen molar-refractivity contribution in [3.05, 3.63) is 0 Å². The van der Waals surface area contributed by atoms with E-state index in [0.29, 0.717) is 0 Å². The smallest absolute Gasteiger partial charge is 0.306 e. The van der Waals surface area contributed by atoms with E-state index in [1.165, 1.54) is 0 Å². The van der Waals surface area contributed by atoms with Gasteiger partial charge in [-0.3, -0.25) is 4.79 Å². The van der Waals surface area contributed by atoms with Crippen molar-refractivity contribution in [2.75, 3.05) is 13.3 Å². The van der Waals surface area contributed by atoms with E-state index >= 15 is 0 Å². The largest absolute Gasteiger partial charge is 0.481 e. The van der Waals surface area contributed by atoms with Gasteiger partial charge in [0, 0.05) is 13.0 Å². The van der Waals surface area contributed by atoms with Gasteiger partial charge in [-0.05, 0) is 0 Å². The number of carboxylic acids is 1. The topological polar surface area (TPSA) is 77.8 Å². The third kappa shape index (κ3) is 3.90. The molecule has 0 heterocycles. The van der Waals surface area contributed by atoms with Gasteiger partial charge in [0.2, 0.25) is 0 Å². The van der Waals surface area contributed by atoms with Gasteiger partial charge in [0.1, 0.15) is 12.3 Å². The average Bonchev–Trinajstić information content (AvgIpc) is 1.87. The first-order valence-corrected chi connectivity index (χ1v) is 3.15. The number of aliphatic hydroxyl groups excluding tert-OH is 1. The predicted octanol–water partition coefficient (Wildman–Crippen LogP) is -0.456. The van der Waals surface area contributed by atoms with Crippen molar-refractivity contribution in [1.29, 1.82) is 0 Å². The Balaban J connectivity index is 3.98. The summed E-state index contributed by atoms with van der Waals surface area (Å²) in [5.74, 6) is -1.28. The van der Waals surface area contributed by atoms with E-state index in [2.05, 4.69) is 0 Å². The van der Waals surface area contributed by atoms with E-state index in [9.17, 15) is 9.18 Å². The van der Waals surface area contributed by atoms with Crippen molar-refractivity contribution in [3.63, 3.8) is 0 Å². The zero-order valence-electron chi connectivity index (χ0n) is 5.96. The molecule has 0 aliphatic heterocycles. The summed E-state index contributed by atoms with van der Waals surface area (Å²) in [5.41, 5.74) is -1.90. The lowest BCUT2D eigenvalue weighted by Gasteiger charge is -2.20. The highest BCUT2D eigenvalue weighted by Crippen LogP contribution is 2.15. The molecule has 66 valence electrons. The number of hydrogen-bond donors (Lipinski definition) is 3. The molecule has 0 aromatic carbocycles. The first-order chi connectivity index (χ1) is 5.04. The van der Waals surface area contributed by atoms with Crippen LogP contribution in [0.15, 0.2) is 0 Å². The van der Waals surface area contributed by atoms with E-state index in [0.717, 1.165) is 0 Å². The second kappa shape index (κ2) is 4.25. The summed E-state index contributed by atoms with van der Waals surface area (Å²) in [5, 5.41) is 25.6. The first-order valence-electron chi connectivity index (χ1n) is 3.15. The van der Waals surface area contributed by atoms with Crippen LogP contribution in [0, 0.1) is 0 Å². The molecule has 0 amide bonds. The fourth-order valence-electron chi connectivity index (χ4n) is 0.692. The van der Waals surface area contributed by atoms with Gasteiger partial charge >= 0.3 is 5.97 Å². The minimum atomic E-state index is -1.90. The number of halogens is 1. The molecule has 0 bridgehead atoms. The van der Waals surface area contributed by atoms with Crippen molar-refractivity contribution in [1.82, 2.24) is 0 Å². The molecule has 1 atom stereocenters. The van der Waals surface area contributed by atoms with Gasteiger partial charge < -0.3 is 15.3 Å². The van der Waals surface area contributed by atoms with Crippen LogP contribution in [0.2, 0.25) is 0 Å². The summed E-state index contributed by atoms with van der Waals surface area (Å²) >= 11 is 0. The fraction of sp³-hybridized carbons (Fsp3) is 0.833. The molecule has 0 aliphatic rings. The molecule has 0 saturated heterocycles. The van der Waals surface area contributed by atoms with Crippen LogP contribution in [0.3, 0.4) is 0 Å². The van der Waals surface area contributed by atoms with Gasteiger partial charge in [-0.1, -0.05) is 0 Å². The number of carboxylic acid groups (broad SMARTS) is 1. The Kier molecular flexibility index (Phi) is 3.99. The van der Waals surface area contributed by atoms with Gasteiger partial charge in [-0.2, -0.15) is 0 Å². The van der Waals surface area contributed by atoms with E-state index < -0.39 is 31.3 Å². The summed E-state index contributed by atoms with van der Waals surface area (Å²) in [7, 11) is 0. The molecule has 0 aromatic heterocycles. The Bertz CT molecular complexity index is 139. The minimum absolute atomic E-state index is 0.254. The quantitative estimate of drug-likeness (QED) is 0.516. The van der Waals surface area contributed by atoms with Gasteiger partial charge in [0.25, 0.3) is 0 Å². The van der Waals surface area contributed by atoms with Crippen LogP contribution in [0.1, 0.15) is 12.8 Å². The van der Waals surface area contributed by atoms with Crippen LogP contribution >= 0.6 is 0 Å². The summed E-state index contributed by atoms with van der Waals surface area (Å²) in [6.07, 6.45) is -0.931. The van der Waals surface area contributed by atoms with Crippen molar-refractivity contribution >= 4 is 5.97 Å². The third-order valence-electron chi connectivity index (χ3n) is 1.31. The van der Waals surface area contributed by atoms with Crippen molar-refractivity contribution in [2.45, 2.75) is 18.4 Å². The lowest BCUT2D eigenvalue weighted by atomic mass is 9.98. The number of aliphatic carboxylic acids is 1. The second-order valence-corrected chi connectivity index (χ2v) is 2.40. The first kappa shape index (κ1) is 10.3. The number of carbonyl (C=O) groups is 1. The van der Waals surface area contributed by atoms with E-state index in [-0.39, 0.29) is 6.42 Å². The lowest BCUT2D eigenvalue weighted by Crippen LogP contribution is -2.35. The van der Waals surface area contributed by atoms with Gasteiger partial charge in [-0.25, -0.2) is 4.39 Å². The maximum Gasteiger partial charge on any atom is 0.306 e. The van der Waals surface area contributed by atoms with Crippen LogP contribution in [-0.2, 0) is 4.79 Å². The monoisotopic (exact) mass is 166 g/mol. The maximum atomic E-state index is 12.0. The van der Waals surface area contributed by atoms with Gasteiger partial charge in [-0.15, -0.1) is 0 Å². The highest BCUT2D eigenvalue weighted by atomic mass is 19.1. The molecular formula is C6H11FO4. The van der Waals surface area contributed by atoms with E-state index in [1.807, 2.05) is 0 Å². The normalized spacial score (nSPS) is 15.9. The molecule has 5 heteroatoms. The maximum absolute atomic E-state index is 12.0. The summed E-state index contributed by atoms with van der Waals surface area (Å²) in [6, 6.07) is 0. The molecule has 0 spiro atoms. The van der Waals surface area contributed by atoms with Crippen molar-refractivity contribution in [2.24, 2.45) is 0 Å². The van der Waals surface area contributed by atoms with Crippen LogP contribution in [0.4, 0.5) is 4.39 Å². The summed E-state index contributed by atoms with van der Waals surface area (Å²) < 4.78 is 12.0. The Hall–Kier alpha value is -0.680. The van der Waals surface area contributed by atoms with Crippen LogP contribution in [-0.4, -0.2) is 40.2 Å². The minimum Gasteiger partial charge on any atom is -0.481 e. The number of hydrogen-bond acceptors (Lipinski definition) is 3. The van der Waals surface area contributed by atoms with Gasteiger partial charge in [0.15, 0.2) is 0 Å². The molecule has 0 aromatic rings. The SMILES string of the molecule is O=C(O)C[C@@](O)(CF)CCO. The zero-order valence-corrected chi connectivity index (χ0v) is 5.96. The second-order valence-electron chi connectivity index (χ2n) is 2.40. The molecule has 0 unspecified atom stereocenters. The Morgan fingerprint density at radius 1 is 1.55 bits per heavy atom. The predicted molar refractivity (Wildman–Crippen MR) is 34.9 cm³/mol. The lowest BCUT2D eigenvalue weighted by molar-refractivity contribution is -0.143. The van der Waals surface area contributed by atoms with Crippen LogP contribution < -0.4 is 0 Å². The summed E-state index contributed by atoms with van der Waals surface area (Å²) in [4.78, 5) is 10.0. The van der Waals surface area contributed by atoms with Crippen LogP contribution in [0.5, 0.6) is 0 Å². The van der Waals surface area contributed by atoms with Crippen molar-refractivity contribution in [3.8, 4) is 0 Å². The van der Waals surface area contributed by atoms with E-state index in [4.69, 9.17) is 15.3 Å². The van der Waals surface area contributed by atoms with Crippen molar-refractivity contribution < 1.29 is 24.5 Å². The molecule has 0 fully saturated rings. The molecule has 0 rings (SSSR count). The molecule has 0 radical (unpaired) electrons. The Labute approximate surface area is 63.3 Å². The fourth-order valence-corrected chi connectivity index (χ4v) is 0.692. The Morgan fingerprint density at radius 2 is 2.09 bits per heavy atom. The number of aliphatic hydroxyl groups is 2. The standard InChI is InChI=1S/C6H11FO4/c7-4-6(11,1-2-8)3-5(9)10/h8,11H,1-4H2,(H,9,10)/t6-/m1/s1. The molecule has 4 nitrogen and oxygen atoms in total. The van der Waals surface area contributed by atoms with Gasteiger partial charge in [0.05, 0.1) is 6.42 Å². The molecule has 3 N–H and O–H groups in total. The highest BCUT2D eigenvalue weighted by molar-refractivity contribution is 5.68. The summed E-state index contributed by atoms with van der Waals surface area (Å²) in [6.45, 7) is -1.58. The number of alkyl halides is 1.